The summed E-state index contributed by atoms with van der Waals surface area (Å²) >= 11 is 4.10. The molecule has 0 spiro atoms. The van der Waals surface area contributed by atoms with Crippen molar-refractivity contribution in [2.75, 3.05) is 12.4 Å². The van der Waals surface area contributed by atoms with Crippen molar-refractivity contribution in [1.29, 1.82) is 0 Å². The van der Waals surface area contributed by atoms with Gasteiger partial charge >= 0.3 is 5.97 Å². The van der Waals surface area contributed by atoms with Crippen LogP contribution < -0.4 is 5.56 Å². The summed E-state index contributed by atoms with van der Waals surface area (Å²) in [6, 6.07) is 0. The third kappa shape index (κ3) is 4.26. The van der Waals surface area contributed by atoms with E-state index in [1.165, 1.54) is 28.6 Å². The zero-order valence-corrected chi connectivity index (χ0v) is 17.6. The highest BCUT2D eigenvalue weighted by Crippen LogP contribution is 2.34. The van der Waals surface area contributed by atoms with Crippen LogP contribution in [-0.2, 0) is 28.1 Å². The number of aromatic nitrogens is 4. The molecule has 0 radical (unpaired) electrons. The van der Waals surface area contributed by atoms with Gasteiger partial charge in [0.2, 0.25) is 5.89 Å². The molecule has 4 rings (SSSR count). The molecule has 1 aliphatic carbocycles. The highest BCUT2D eigenvalue weighted by atomic mass is 32.2. The van der Waals surface area contributed by atoms with Gasteiger partial charge in [0.15, 0.2) is 5.16 Å². The van der Waals surface area contributed by atoms with Gasteiger partial charge in [-0.2, -0.15) is 0 Å². The third-order valence-electron chi connectivity index (χ3n) is 4.20. The summed E-state index contributed by atoms with van der Waals surface area (Å²) in [5.41, 5.74) is 1.10. The van der Waals surface area contributed by atoms with Crippen LogP contribution in [0.3, 0.4) is 0 Å². The Morgan fingerprint density at radius 2 is 2.14 bits per heavy atom. The molecule has 3 aromatic heterocycles. The van der Waals surface area contributed by atoms with E-state index in [0.717, 1.165) is 41.2 Å². The number of carbonyl (C=O) groups is 1. The van der Waals surface area contributed by atoms with Crippen molar-refractivity contribution in [3.8, 4) is 0 Å². The van der Waals surface area contributed by atoms with Crippen LogP contribution in [0.15, 0.2) is 19.6 Å². The summed E-state index contributed by atoms with van der Waals surface area (Å²) in [7, 11) is 0. The number of nitrogens with one attached hydrogen (secondary N) is 1. The number of ether oxygens (including phenoxy) is 1. The van der Waals surface area contributed by atoms with Gasteiger partial charge in [0.1, 0.15) is 10.6 Å². The molecule has 0 saturated heterocycles. The number of hydrogen-bond donors (Lipinski definition) is 1. The average molecular weight is 439 g/mol. The predicted molar refractivity (Wildman–Crippen MR) is 108 cm³/mol. The van der Waals surface area contributed by atoms with Crippen molar-refractivity contribution >= 4 is 51.0 Å². The first kappa shape index (κ1) is 19.5. The SMILES string of the molecule is CCOC(=O)CSc1nnc(CSc2nc3sc4c(c3c(=O)[nH]2)CCCC4)o1. The molecule has 0 atom stereocenters. The molecule has 0 bridgehead atoms. The second-order valence-electron chi connectivity index (χ2n) is 6.11. The first-order chi connectivity index (χ1) is 13.6. The summed E-state index contributed by atoms with van der Waals surface area (Å²) < 4.78 is 10.4. The largest absolute Gasteiger partial charge is 0.465 e. The van der Waals surface area contributed by atoms with Gasteiger partial charge in [-0.05, 0) is 38.2 Å². The van der Waals surface area contributed by atoms with E-state index in [2.05, 4.69) is 20.2 Å². The number of H-pyrrole nitrogens is 1. The first-order valence-corrected chi connectivity index (χ1v) is 11.7. The fourth-order valence-electron chi connectivity index (χ4n) is 3.02. The number of nitrogens with zero attached hydrogens (tertiary/aromatic N) is 3. The Morgan fingerprint density at radius 1 is 1.29 bits per heavy atom. The maximum absolute atomic E-state index is 12.5. The molecule has 1 N–H and O–H groups in total. The molecule has 0 saturated carbocycles. The number of esters is 1. The maximum atomic E-state index is 12.5. The number of aryl methyl sites for hydroxylation is 2. The fourth-order valence-corrected chi connectivity index (χ4v) is 5.62. The van der Waals surface area contributed by atoms with Crippen molar-refractivity contribution in [3.63, 3.8) is 0 Å². The Kier molecular flexibility index (Phi) is 6.02. The second-order valence-corrected chi connectivity index (χ2v) is 9.08. The summed E-state index contributed by atoms with van der Waals surface area (Å²) in [6.07, 6.45) is 4.29. The molecule has 3 aromatic rings. The number of aromatic amines is 1. The van der Waals surface area contributed by atoms with Crippen LogP contribution in [0.4, 0.5) is 0 Å². The average Bonchev–Trinajstić information content (AvgIpc) is 3.29. The molecule has 1 aliphatic rings. The van der Waals surface area contributed by atoms with Gasteiger partial charge in [-0.1, -0.05) is 23.5 Å². The Morgan fingerprint density at radius 3 is 3.00 bits per heavy atom. The molecular weight excluding hydrogens is 420 g/mol. The molecule has 3 heterocycles. The van der Waals surface area contributed by atoms with Gasteiger partial charge in [-0.15, -0.1) is 21.5 Å². The minimum atomic E-state index is -0.324. The highest BCUT2D eigenvalue weighted by molar-refractivity contribution is 7.99. The summed E-state index contributed by atoms with van der Waals surface area (Å²) in [5.74, 6) is 0.587. The highest BCUT2D eigenvalue weighted by Gasteiger charge is 2.20. The number of fused-ring (bicyclic) bond motifs is 3. The van der Waals surface area contributed by atoms with Crippen LogP contribution in [0.2, 0.25) is 0 Å². The van der Waals surface area contributed by atoms with Crippen LogP contribution in [0.25, 0.3) is 10.2 Å². The zero-order valence-electron chi connectivity index (χ0n) is 15.1. The van der Waals surface area contributed by atoms with Crippen LogP contribution >= 0.6 is 34.9 Å². The Bertz CT molecular complexity index is 1060. The van der Waals surface area contributed by atoms with Crippen LogP contribution in [0, 0.1) is 0 Å². The number of carbonyl (C=O) groups excluding carboxylic acids is 1. The molecule has 0 aliphatic heterocycles. The minimum absolute atomic E-state index is 0.0805. The topological polar surface area (TPSA) is 111 Å². The van der Waals surface area contributed by atoms with E-state index in [9.17, 15) is 9.59 Å². The fraction of sp³-hybridized carbons (Fsp3) is 0.471. The van der Waals surface area contributed by atoms with Crippen molar-refractivity contribution in [2.24, 2.45) is 0 Å². The van der Waals surface area contributed by atoms with Gasteiger partial charge < -0.3 is 14.1 Å². The maximum Gasteiger partial charge on any atom is 0.316 e. The summed E-state index contributed by atoms with van der Waals surface area (Å²) in [4.78, 5) is 33.5. The van der Waals surface area contributed by atoms with Crippen molar-refractivity contribution in [2.45, 2.75) is 48.7 Å². The van der Waals surface area contributed by atoms with E-state index in [1.807, 2.05) is 0 Å². The van der Waals surface area contributed by atoms with Crippen molar-refractivity contribution in [3.05, 3.63) is 26.7 Å². The number of rotatable bonds is 7. The molecule has 0 unspecified atom stereocenters. The monoisotopic (exact) mass is 438 g/mol. The Balaban J connectivity index is 1.42. The molecule has 28 heavy (non-hydrogen) atoms. The standard InChI is InChI=1S/C17H18N4O4S3/c1-2-24-12(22)8-27-17-21-20-11(25-17)7-26-16-18-14(23)13-9-5-3-4-6-10(9)28-15(13)19-16/h2-8H2,1H3,(H,18,19,23). The number of thioether (sulfide) groups is 2. The van der Waals surface area contributed by atoms with Crippen LogP contribution in [0.5, 0.6) is 0 Å². The van der Waals surface area contributed by atoms with Gasteiger partial charge in [0.05, 0.1) is 17.7 Å². The van der Waals surface area contributed by atoms with E-state index < -0.39 is 0 Å². The van der Waals surface area contributed by atoms with Crippen LogP contribution in [-0.4, -0.2) is 38.5 Å². The lowest BCUT2D eigenvalue weighted by Gasteiger charge is -2.09. The van der Waals surface area contributed by atoms with Gasteiger partial charge in [0.25, 0.3) is 10.8 Å². The number of hydrogen-bond acceptors (Lipinski definition) is 10. The molecule has 11 heteroatoms. The second kappa shape index (κ2) is 8.66. The van der Waals surface area contributed by atoms with E-state index in [-0.39, 0.29) is 17.3 Å². The van der Waals surface area contributed by atoms with Gasteiger partial charge in [0, 0.05) is 4.88 Å². The molecule has 148 valence electrons. The van der Waals surface area contributed by atoms with E-state index in [4.69, 9.17) is 9.15 Å². The van der Waals surface area contributed by atoms with E-state index in [0.29, 0.717) is 28.6 Å². The Labute approximate surface area is 172 Å². The summed E-state index contributed by atoms with van der Waals surface area (Å²) in [5, 5.41) is 9.47. The van der Waals surface area contributed by atoms with Gasteiger partial charge in [-0.3, -0.25) is 9.59 Å². The first-order valence-electron chi connectivity index (χ1n) is 8.92. The molecule has 0 amide bonds. The van der Waals surface area contributed by atoms with Crippen LogP contribution in [0.1, 0.15) is 36.1 Å². The number of thiophene rings is 1. The summed E-state index contributed by atoms with van der Waals surface area (Å²) in [6.45, 7) is 2.10. The predicted octanol–water partition coefficient (Wildman–Crippen LogP) is 3.19. The van der Waals surface area contributed by atoms with E-state index in [1.54, 1.807) is 18.3 Å². The Hall–Kier alpha value is -1.85. The zero-order chi connectivity index (χ0) is 19.5. The lowest BCUT2D eigenvalue weighted by Crippen LogP contribution is -2.10. The van der Waals surface area contributed by atoms with Crippen molar-refractivity contribution < 1.29 is 13.9 Å². The minimum Gasteiger partial charge on any atom is -0.465 e. The van der Waals surface area contributed by atoms with E-state index >= 15 is 0 Å². The molecule has 0 fully saturated rings. The molecular formula is C17H18N4O4S3. The lowest BCUT2D eigenvalue weighted by molar-refractivity contribution is -0.139. The molecule has 0 aromatic carbocycles. The lowest BCUT2D eigenvalue weighted by atomic mass is 9.97. The van der Waals surface area contributed by atoms with Gasteiger partial charge in [-0.25, -0.2) is 4.98 Å². The smallest absolute Gasteiger partial charge is 0.316 e. The quantitative estimate of drug-likeness (QED) is 0.338. The molecule has 8 nitrogen and oxygen atoms in total. The normalized spacial score (nSPS) is 13.6. The third-order valence-corrected chi connectivity index (χ3v) is 7.04. The van der Waals surface area contributed by atoms with Crippen molar-refractivity contribution in [1.82, 2.24) is 20.2 Å².